The smallest absolute Gasteiger partial charge is 0.340 e. The first-order chi connectivity index (χ1) is 18.5. The standard InChI is InChI=1S/C32H27NO5/c1-21-30(32(35)37-3)26(31(34)33(21)27-15-9-13-24-12-7-8-14-25(24)27)18-23-16-17-28(29(19-23)36-2)38-20-22-10-5-4-6-11-22/h4-19H,20H2,1-3H3. The van der Waals surface area contributed by atoms with E-state index >= 15 is 0 Å². The van der Waals surface area contributed by atoms with Gasteiger partial charge in [0.1, 0.15) is 6.61 Å². The molecule has 5 rings (SSSR count). The summed E-state index contributed by atoms with van der Waals surface area (Å²) in [7, 11) is 2.88. The molecule has 1 heterocycles. The van der Waals surface area contributed by atoms with Crippen molar-refractivity contribution in [1.82, 2.24) is 0 Å². The number of ether oxygens (including phenoxy) is 3. The number of amides is 1. The lowest BCUT2D eigenvalue weighted by molar-refractivity contribution is -0.136. The molecule has 0 unspecified atom stereocenters. The molecule has 4 aromatic carbocycles. The quantitative estimate of drug-likeness (QED) is 0.218. The number of carbonyl (C=O) groups is 2. The monoisotopic (exact) mass is 505 g/mol. The van der Waals surface area contributed by atoms with Gasteiger partial charge in [0.15, 0.2) is 11.5 Å². The highest BCUT2D eigenvalue weighted by atomic mass is 16.5. The second kappa shape index (κ2) is 10.6. The van der Waals surface area contributed by atoms with Crippen LogP contribution in [0.2, 0.25) is 0 Å². The maximum Gasteiger partial charge on any atom is 0.340 e. The van der Waals surface area contributed by atoms with Crippen LogP contribution in [0.5, 0.6) is 11.5 Å². The van der Waals surface area contributed by atoms with Gasteiger partial charge in [-0.3, -0.25) is 9.69 Å². The van der Waals surface area contributed by atoms with E-state index in [9.17, 15) is 9.59 Å². The lowest BCUT2D eigenvalue weighted by Crippen LogP contribution is -2.24. The van der Waals surface area contributed by atoms with E-state index < -0.39 is 5.97 Å². The van der Waals surface area contributed by atoms with Crippen LogP contribution in [0.25, 0.3) is 16.8 Å². The number of allylic oxidation sites excluding steroid dienone is 1. The number of esters is 1. The Morgan fingerprint density at radius 1 is 0.868 bits per heavy atom. The normalized spacial score (nSPS) is 14.3. The van der Waals surface area contributed by atoms with Crippen molar-refractivity contribution in [3.8, 4) is 11.5 Å². The molecule has 0 bridgehead atoms. The zero-order valence-corrected chi connectivity index (χ0v) is 21.4. The third-order valence-corrected chi connectivity index (χ3v) is 6.53. The Kier molecular flexibility index (Phi) is 6.96. The highest BCUT2D eigenvalue weighted by molar-refractivity contribution is 6.25. The highest BCUT2D eigenvalue weighted by Crippen LogP contribution is 2.39. The van der Waals surface area contributed by atoms with E-state index in [-0.39, 0.29) is 17.1 Å². The third kappa shape index (κ3) is 4.64. The molecule has 0 saturated carbocycles. The summed E-state index contributed by atoms with van der Waals surface area (Å²) in [6.07, 6.45) is 1.69. The molecular formula is C32H27NO5. The van der Waals surface area contributed by atoms with E-state index in [1.807, 2.05) is 78.9 Å². The number of nitrogens with zero attached hydrogens (tertiary/aromatic N) is 1. The minimum atomic E-state index is -0.570. The van der Waals surface area contributed by atoms with Gasteiger partial charge in [-0.05, 0) is 47.7 Å². The first-order valence-corrected chi connectivity index (χ1v) is 12.2. The van der Waals surface area contributed by atoms with Crippen molar-refractivity contribution in [2.24, 2.45) is 0 Å². The van der Waals surface area contributed by atoms with Gasteiger partial charge >= 0.3 is 5.97 Å². The van der Waals surface area contributed by atoms with Gasteiger partial charge in [0.2, 0.25) is 0 Å². The summed E-state index contributed by atoms with van der Waals surface area (Å²) in [5, 5.41) is 1.91. The van der Waals surface area contributed by atoms with Gasteiger partial charge in [0.25, 0.3) is 5.91 Å². The molecule has 0 N–H and O–H groups in total. The van der Waals surface area contributed by atoms with Crippen LogP contribution in [0.3, 0.4) is 0 Å². The number of carbonyl (C=O) groups excluding carboxylic acids is 2. The number of rotatable bonds is 7. The van der Waals surface area contributed by atoms with Crippen LogP contribution in [0.1, 0.15) is 18.1 Å². The second-order valence-corrected chi connectivity index (χ2v) is 8.83. The van der Waals surface area contributed by atoms with Crippen LogP contribution in [0.15, 0.2) is 108 Å². The van der Waals surface area contributed by atoms with Crippen molar-refractivity contribution >= 4 is 34.4 Å². The van der Waals surface area contributed by atoms with Crippen molar-refractivity contribution in [2.45, 2.75) is 13.5 Å². The summed E-state index contributed by atoms with van der Waals surface area (Å²) in [4.78, 5) is 28.3. The lowest BCUT2D eigenvalue weighted by Gasteiger charge is -2.20. The van der Waals surface area contributed by atoms with Gasteiger partial charge in [0.05, 0.1) is 31.1 Å². The Morgan fingerprint density at radius 2 is 1.61 bits per heavy atom. The molecule has 190 valence electrons. The SMILES string of the molecule is COC(=O)C1=C(C)N(c2cccc3ccccc23)C(=O)C1=Cc1ccc(OCc2ccccc2)c(OC)c1. The first-order valence-electron chi connectivity index (χ1n) is 12.2. The van der Waals surface area contributed by atoms with Gasteiger partial charge in [-0.2, -0.15) is 0 Å². The van der Waals surface area contributed by atoms with Crippen LogP contribution >= 0.6 is 0 Å². The van der Waals surface area contributed by atoms with E-state index in [1.165, 1.54) is 7.11 Å². The molecule has 0 spiro atoms. The van der Waals surface area contributed by atoms with Gasteiger partial charge in [-0.1, -0.05) is 72.8 Å². The third-order valence-electron chi connectivity index (χ3n) is 6.53. The predicted octanol–water partition coefficient (Wildman–Crippen LogP) is 6.30. The number of fused-ring (bicyclic) bond motifs is 1. The molecular weight excluding hydrogens is 478 g/mol. The molecule has 0 fully saturated rings. The largest absolute Gasteiger partial charge is 0.493 e. The van der Waals surface area contributed by atoms with Crippen LogP contribution in [-0.4, -0.2) is 26.1 Å². The maximum atomic E-state index is 13.8. The molecule has 0 aromatic heterocycles. The number of hydrogen-bond acceptors (Lipinski definition) is 5. The minimum Gasteiger partial charge on any atom is -0.493 e. The molecule has 1 amide bonds. The maximum absolute atomic E-state index is 13.8. The van der Waals surface area contributed by atoms with Crippen molar-refractivity contribution in [2.75, 3.05) is 19.1 Å². The van der Waals surface area contributed by atoms with E-state index in [0.717, 1.165) is 16.3 Å². The topological polar surface area (TPSA) is 65.1 Å². The van der Waals surface area contributed by atoms with Gasteiger partial charge < -0.3 is 14.2 Å². The molecule has 1 aliphatic heterocycles. The number of benzene rings is 4. The molecule has 0 atom stereocenters. The first kappa shape index (κ1) is 24.8. The molecule has 6 heteroatoms. The average molecular weight is 506 g/mol. The molecule has 6 nitrogen and oxygen atoms in total. The fourth-order valence-electron chi connectivity index (χ4n) is 4.67. The van der Waals surface area contributed by atoms with Gasteiger partial charge in [-0.15, -0.1) is 0 Å². The number of hydrogen-bond donors (Lipinski definition) is 0. The van der Waals surface area contributed by atoms with Crippen LogP contribution < -0.4 is 14.4 Å². The molecule has 0 saturated heterocycles. The summed E-state index contributed by atoms with van der Waals surface area (Å²) < 4.78 is 16.6. The number of anilines is 1. The summed E-state index contributed by atoms with van der Waals surface area (Å²) in [5.74, 6) is 0.225. The average Bonchev–Trinajstić information content (AvgIpc) is 3.20. The van der Waals surface area contributed by atoms with Crippen LogP contribution in [0, 0.1) is 0 Å². The zero-order valence-electron chi connectivity index (χ0n) is 21.4. The molecule has 4 aromatic rings. The van der Waals surface area contributed by atoms with E-state index in [1.54, 1.807) is 37.1 Å². The van der Waals surface area contributed by atoms with Crippen molar-refractivity contribution in [3.05, 3.63) is 119 Å². The Labute approximate surface area is 221 Å². The Morgan fingerprint density at radius 3 is 2.37 bits per heavy atom. The molecule has 0 aliphatic carbocycles. The van der Waals surface area contributed by atoms with Crippen molar-refractivity contribution < 1.29 is 23.8 Å². The van der Waals surface area contributed by atoms with E-state index in [4.69, 9.17) is 14.2 Å². The number of methoxy groups -OCH3 is 2. The Hall–Kier alpha value is -4.84. The minimum absolute atomic E-state index is 0.230. The summed E-state index contributed by atoms with van der Waals surface area (Å²) >= 11 is 0. The van der Waals surface area contributed by atoms with Crippen molar-refractivity contribution in [3.63, 3.8) is 0 Å². The summed E-state index contributed by atoms with van der Waals surface area (Å²) in [5.41, 5.74) is 3.42. The fourth-order valence-corrected chi connectivity index (χ4v) is 4.67. The van der Waals surface area contributed by atoms with Crippen LogP contribution in [0.4, 0.5) is 5.69 Å². The van der Waals surface area contributed by atoms with E-state index in [0.29, 0.717) is 35.1 Å². The zero-order chi connectivity index (χ0) is 26.6. The summed E-state index contributed by atoms with van der Waals surface area (Å²) in [6, 6.07) is 28.9. The Bertz CT molecular complexity index is 1580. The molecule has 1 aliphatic rings. The lowest BCUT2D eigenvalue weighted by atomic mass is 10.0. The van der Waals surface area contributed by atoms with Crippen molar-refractivity contribution in [1.29, 1.82) is 0 Å². The fraction of sp³-hybridized carbons (Fsp3) is 0.125. The second-order valence-electron chi connectivity index (χ2n) is 8.83. The van der Waals surface area contributed by atoms with Gasteiger partial charge in [0, 0.05) is 11.1 Å². The predicted molar refractivity (Wildman–Crippen MR) is 148 cm³/mol. The van der Waals surface area contributed by atoms with Crippen LogP contribution in [-0.2, 0) is 20.9 Å². The highest BCUT2D eigenvalue weighted by Gasteiger charge is 2.38. The van der Waals surface area contributed by atoms with E-state index in [2.05, 4.69) is 0 Å². The van der Waals surface area contributed by atoms with Gasteiger partial charge in [-0.25, -0.2) is 4.79 Å². The molecule has 0 radical (unpaired) electrons. The Balaban J connectivity index is 1.52. The molecule has 38 heavy (non-hydrogen) atoms. The summed E-state index contributed by atoms with van der Waals surface area (Å²) in [6.45, 7) is 2.15.